The van der Waals surface area contributed by atoms with Crippen LogP contribution in [0.2, 0.25) is 0 Å². The van der Waals surface area contributed by atoms with Gasteiger partial charge in [-0.15, -0.1) is 11.3 Å². The van der Waals surface area contributed by atoms with Crippen LogP contribution in [0.25, 0.3) is 0 Å². The third-order valence-corrected chi connectivity index (χ3v) is 2.86. The average Bonchev–Trinajstić information content (AvgIpc) is 2.35. The molecule has 0 radical (unpaired) electrons. The fourth-order valence-corrected chi connectivity index (χ4v) is 2.30. The zero-order valence-corrected chi connectivity index (χ0v) is 5.95. The molecule has 1 aliphatic carbocycles. The molecule has 0 aliphatic heterocycles. The Labute approximate surface area is 58.5 Å². The van der Waals surface area contributed by atoms with E-state index in [0.29, 0.717) is 6.04 Å². The SMILES string of the molecule is N[C@H]1CCc2sccc21. The first-order chi connectivity index (χ1) is 4.38. The Kier molecular flexibility index (Phi) is 1.10. The van der Waals surface area contributed by atoms with E-state index in [4.69, 9.17) is 5.73 Å². The van der Waals surface area contributed by atoms with Gasteiger partial charge in [-0.2, -0.15) is 0 Å². The van der Waals surface area contributed by atoms with E-state index in [2.05, 4.69) is 11.4 Å². The molecule has 0 amide bonds. The second-order valence-corrected chi connectivity index (χ2v) is 3.44. The van der Waals surface area contributed by atoms with Gasteiger partial charge in [0.2, 0.25) is 0 Å². The number of fused-ring (bicyclic) bond motifs is 1. The molecule has 1 atom stereocenters. The third kappa shape index (κ3) is 0.705. The summed E-state index contributed by atoms with van der Waals surface area (Å²) in [5.74, 6) is 0. The smallest absolute Gasteiger partial charge is 0.0309 e. The van der Waals surface area contributed by atoms with Gasteiger partial charge in [0, 0.05) is 10.9 Å². The molecule has 0 fully saturated rings. The number of hydrogen-bond acceptors (Lipinski definition) is 2. The highest BCUT2D eigenvalue weighted by Crippen LogP contribution is 2.32. The lowest BCUT2D eigenvalue weighted by Gasteiger charge is -1.97. The summed E-state index contributed by atoms with van der Waals surface area (Å²) in [5.41, 5.74) is 7.19. The van der Waals surface area contributed by atoms with Crippen molar-refractivity contribution >= 4 is 11.3 Å². The predicted molar refractivity (Wildman–Crippen MR) is 39.6 cm³/mol. The van der Waals surface area contributed by atoms with Crippen LogP contribution in [-0.4, -0.2) is 0 Å². The molecule has 2 rings (SSSR count). The Hall–Kier alpha value is -0.340. The van der Waals surface area contributed by atoms with Crippen molar-refractivity contribution in [3.05, 3.63) is 21.9 Å². The van der Waals surface area contributed by atoms with E-state index in [9.17, 15) is 0 Å². The Balaban J connectivity index is 2.49. The molecule has 1 aromatic rings. The molecule has 48 valence electrons. The number of nitrogens with two attached hydrogens (primary N) is 1. The van der Waals surface area contributed by atoms with Gasteiger partial charge < -0.3 is 5.73 Å². The average molecular weight is 139 g/mol. The molecule has 0 saturated heterocycles. The lowest BCUT2D eigenvalue weighted by molar-refractivity contribution is 0.713. The van der Waals surface area contributed by atoms with E-state index in [1.165, 1.54) is 16.9 Å². The molecule has 1 aromatic heterocycles. The number of hydrogen-bond donors (Lipinski definition) is 1. The molecule has 2 N–H and O–H groups in total. The normalized spacial score (nSPS) is 24.3. The molecule has 0 unspecified atom stereocenters. The monoisotopic (exact) mass is 139 g/mol. The summed E-state index contributed by atoms with van der Waals surface area (Å²) in [5, 5.41) is 2.13. The highest BCUT2D eigenvalue weighted by molar-refractivity contribution is 7.10. The van der Waals surface area contributed by atoms with Gasteiger partial charge in [-0.1, -0.05) is 0 Å². The van der Waals surface area contributed by atoms with Crippen LogP contribution in [0.15, 0.2) is 11.4 Å². The fourth-order valence-electron chi connectivity index (χ4n) is 1.33. The minimum atomic E-state index is 0.339. The molecule has 0 saturated carbocycles. The van der Waals surface area contributed by atoms with Crippen LogP contribution in [-0.2, 0) is 6.42 Å². The highest BCUT2D eigenvalue weighted by Gasteiger charge is 2.18. The maximum absolute atomic E-state index is 5.80. The Morgan fingerprint density at radius 3 is 3.33 bits per heavy atom. The third-order valence-electron chi connectivity index (χ3n) is 1.86. The standard InChI is InChI=1S/C7H9NS/c8-6-1-2-7-5(6)3-4-9-7/h3-4,6H,1-2,8H2/t6-/m0/s1. The minimum absolute atomic E-state index is 0.339. The van der Waals surface area contributed by atoms with E-state index in [1.807, 2.05) is 11.3 Å². The zero-order valence-electron chi connectivity index (χ0n) is 5.13. The summed E-state index contributed by atoms with van der Waals surface area (Å²) in [4.78, 5) is 1.50. The van der Waals surface area contributed by atoms with Crippen molar-refractivity contribution in [3.8, 4) is 0 Å². The van der Waals surface area contributed by atoms with Crippen LogP contribution in [0.4, 0.5) is 0 Å². The second kappa shape index (κ2) is 1.82. The van der Waals surface area contributed by atoms with Crippen LogP contribution >= 0.6 is 11.3 Å². The van der Waals surface area contributed by atoms with E-state index in [-0.39, 0.29) is 0 Å². The van der Waals surface area contributed by atoms with Crippen molar-refractivity contribution in [3.63, 3.8) is 0 Å². The Morgan fingerprint density at radius 2 is 2.56 bits per heavy atom. The summed E-state index contributed by atoms with van der Waals surface area (Å²) >= 11 is 1.84. The lowest BCUT2D eigenvalue weighted by Crippen LogP contribution is -2.03. The lowest BCUT2D eigenvalue weighted by atomic mass is 10.2. The largest absolute Gasteiger partial charge is 0.324 e. The maximum atomic E-state index is 5.80. The molecule has 0 spiro atoms. The van der Waals surface area contributed by atoms with Gasteiger partial charge in [0.15, 0.2) is 0 Å². The van der Waals surface area contributed by atoms with Gasteiger partial charge in [0.05, 0.1) is 0 Å². The van der Waals surface area contributed by atoms with Gasteiger partial charge in [-0.3, -0.25) is 0 Å². The molecule has 9 heavy (non-hydrogen) atoms. The molecule has 0 bridgehead atoms. The van der Waals surface area contributed by atoms with Gasteiger partial charge >= 0.3 is 0 Å². The van der Waals surface area contributed by atoms with Crippen LogP contribution in [0.1, 0.15) is 22.9 Å². The van der Waals surface area contributed by atoms with E-state index in [1.54, 1.807) is 0 Å². The van der Waals surface area contributed by atoms with Crippen LogP contribution < -0.4 is 5.73 Å². The van der Waals surface area contributed by atoms with Crippen molar-refractivity contribution in [1.82, 2.24) is 0 Å². The quantitative estimate of drug-likeness (QED) is 0.581. The summed E-state index contributed by atoms with van der Waals surface area (Å²) in [7, 11) is 0. The fraction of sp³-hybridized carbons (Fsp3) is 0.429. The van der Waals surface area contributed by atoms with Crippen molar-refractivity contribution in [2.24, 2.45) is 5.73 Å². The van der Waals surface area contributed by atoms with Crippen LogP contribution in [0.5, 0.6) is 0 Å². The second-order valence-electron chi connectivity index (χ2n) is 2.44. The van der Waals surface area contributed by atoms with Gasteiger partial charge in [0.25, 0.3) is 0 Å². The van der Waals surface area contributed by atoms with Gasteiger partial charge in [0.1, 0.15) is 0 Å². The Morgan fingerprint density at radius 1 is 1.67 bits per heavy atom. The summed E-state index contributed by atoms with van der Waals surface area (Å²) in [6.45, 7) is 0. The molecule has 1 nitrogen and oxygen atoms in total. The molecule has 0 aromatic carbocycles. The summed E-state index contributed by atoms with van der Waals surface area (Å²) in [6.07, 6.45) is 2.36. The molecule has 1 aliphatic rings. The molecule has 1 heterocycles. The van der Waals surface area contributed by atoms with Gasteiger partial charge in [-0.05, 0) is 29.9 Å². The first-order valence-electron chi connectivity index (χ1n) is 3.20. The van der Waals surface area contributed by atoms with E-state index >= 15 is 0 Å². The van der Waals surface area contributed by atoms with Crippen molar-refractivity contribution in [1.29, 1.82) is 0 Å². The molecular formula is C7H9NS. The van der Waals surface area contributed by atoms with Crippen LogP contribution in [0, 0.1) is 0 Å². The number of thiophene rings is 1. The highest BCUT2D eigenvalue weighted by atomic mass is 32.1. The zero-order chi connectivity index (χ0) is 6.27. The maximum Gasteiger partial charge on any atom is 0.0309 e. The van der Waals surface area contributed by atoms with E-state index < -0.39 is 0 Å². The van der Waals surface area contributed by atoms with Crippen LogP contribution in [0.3, 0.4) is 0 Å². The van der Waals surface area contributed by atoms with Crippen molar-refractivity contribution in [2.45, 2.75) is 18.9 Å². The summed E-state index contributed by atoms with van der Waals surface area (Å²) < 4.78 is 0. The summed E-state index contributed by atoms with van der Waals surface area (Å²) in [6, 6.07) is 2.49. The van der Waals surface area contributed by atoms with Crippen molar-refractivity contribution in [2.75, 3.05) is 0 Å². The molecule has 2 heteroatoms. The Bertz CT molecular complexity index is 216. The number of aryl methyl sites for hydroxylation is 1. The number of rotatable bonds is 0. The van der Waals surface area contributed by atoms with E-state index in [0.717, 1.165) is 6.42 Å². The minimum Gasteiger partial charge on any atom is -0.324 e. The van der Waals surface area contributed by atoms with Gasteiger partial charge in [-0.25, -0.2) is 0 Å². The first kappa shape index (κ1) is 5.45. The predicted octanol–water partition coefficient (Wildman–Crippen LogP) is 1.69. The molecular weight excluding hydrogens is 130 g/mol. The first-order valence-corrected chi connectivity index (χ1v) is 4.08. The topological polar surface area (TPSA) is 26.0 Å². The van der Waals surface area contributed by atoms with Crippen molar-refractivity contribution < 1.29 is 0 Å².